The van der Waals surface area contributed by atoms with Gasteiger partial charge in [-0.1, -0.05) is 18.2 Å². The van der Waals surface area contributed by atoms with Gasteiger partial charge in [0.25, 0.3) is 0 Å². The lowest BCUT2D eigenvalue weighted by molar-refractivity contribution is -0.123. The first-order valence-electron chi connectivity index (χ1n) is 7.29. The van der Waals surface area contributed by atoms with Gasteiger partial charge in [0.1, 0.15) is 12.2 Å². The molecule has 0 unspecified atom stereocenters. The van der Waals surface area contributed by atoms with Crippen molar-refractivity contribution in [3.8, 4) is 5.75 Å². The summed E-state index contributed by atoms with van der Waals surface area (Å²) >= 11 is 0. The number of ether oxygens (including phenoxy) is 1. The van der Waals surface area contributed by atoms with E-state index in [0.717, 1.165) is 16.8 Å². The third kappa shape index (κ3) is 4.57. The van der Waals surface area contributed by atoms with Crippen molar-refractivity contribution in [2.75, 3.05) is 17.7 Å². The second-order valence-electron chi connectivity index (χ2n) is 5.27. The first-order valence-corrected chi connectivity index (χ1v) is 7.29. The molecule has 120 valence electrons. The van der Waals surface area contributed by atoms with Crippen molar-refractivity contribution in [3.05, 3.63) is 53.6 Å². The summed E-state index contributed by atoms with van der Waals surface area (Å²) in [6, 6.07) is 12.7. The van der Waals surface area contributed by atoms with Gasteiger partial charge in [-0.15, -0.1) is 0 Å². The largest absolute Gasteiger partial charge is 0.497 e. The smallest absolute Gasteiger partial charge is 0.233 e. The number of anilines is 2. The van der Waals surface area contributed by atoms with Crippen molar-refractivity contribution in [1.29, 1.82) is 0 Å². The Morgan fingerprint density at radius 2 is 1.48 bits per heavy atom. The number of amides is 2. The number of carbonyl (C=O) groups excluding carboxylic acids is 2. The van der Waals surface area contributed by atoms with Crippen LogP contribution < -0.4 is 15.4 Å². The molecule has 0 saturated carbocycles. The van der Waals surface area contributed by atoms with E-state index in [1.54, 1.807) is 31.4 Å². The van der Waals surface area contributed by atoms with Crippen LogP contribution in [0.5, 0.6) is 5.75 Å². The summed E-state index contributed by atoms with van der Waals surface area (Å²) in [6.45, 7) is 3.83. The van der Waals surface area contributed by atoms with E-state index >= 15 is 0 Å². The molecule has 0 spiro atoms. The maximum absolute atomic E-state index is 12.0. The number of carbonyl (C=O) groups is 2. The van der Waals surface area contributed by atoms with Gasteiger partial charge in [-0.25, -0.2) is 0 Å². The van der Waals surface area contributed by atoms with Crippen LogP contribution in [0.15, 0.2) is 42.5 Å². The molecule has 0 aliphatic rings. The summed E-state index contributed by atoms with van der Waals surface area (Å²) in [6.07, 6.45) is -0.236. The van der Waals surface area contributed by atoms with Gasteiger partial charge in [-0.2, -0.15) is 0 Å². The second-order valence-corrected chi connectivity index (χ2v) is 5.27. The third-order valence-corrected chi connectivity index (χ3v) is 3.44. The van der Waals surface area contributed by atoms with Crippen LogP contribution in [0.3, 0.4) is 0 Å². The molecule has 2 aromatic rings. The molecule has 23 heavy (non-hydrogen) atoms. The van der Waals surface area contributed by atoms with E-state index < -0.39 is 0 Å². The van der Waals surface area contributed by atoms with Gasteiger partial charge in [0, 0.05) is 11.4 Å². The Labute approximate surface area is 135 Å². The molecule has 0 aliphatic carbocycles. The number of para-hydroxylation sites is 1. The third-order valence-electron chi connectivity index (χ3n) is 3.44. The molecule has 2 rings (SSSR count). The topological polar surface area (TPSA) is 67.4 Å². The van der Waals surface area contributed by atoms with E-state index in [0.29, 0.717) is 11.4 Å². The molecule has 0 heterocycles. The second kappa shape index (κ2) is 7.45. The van der Waals surface area contributed by atoms with Crippen LogP contribution in [0.4, 0.5) is 11.4 Å². The van der Waals surface area contributed by atoms with Crippen molar-refractivity contribution in [2.45, 2.75) is 20.3 Å². The zero-order chi connectivity index (χ0) is 16.8. The van der Waals surface area contributed by atoms with Crippen molar-refractivity contribution in [1.82, 2.24) is 0 Å². The fourth-order valence-corrected chi connectivity index (χ4v) is 2.22. The van der Waals surface area contributed by atoms with Gasteiger partial charge in [0.05, 0.1) is 7.11 Å². The van der Waals surface area contributed by atoms with Crippen molar-refractivity contribution >= 4 is 23.2 Å². The Morgan fingerprint density at radius 3 is 2.04 bits per heavy atom. The highest BCUT2D eigenvalue weighted by molar-refractivity contribution is 6.08. The number of nitrogens with one attached hydrogen (secondary N) is 2. The Hall–Kier alpha value is -2.82. The van der Waals surface area contributed by atoms with Gasteiger partial charge in [0.2, 0.25) is 11.8 Å². The molecule has 2 N–H and O–H groups in total. The molecular weight excluding hydrogens is 292 g/mol. The molecule has 5 nitrogen and oxygen atoms in total. The Bertz CT molecular complexity index is 688. The number of rotatable bonds is 5. The SMILES string of the molecule is COc1ccc(NC(=O)CC(=O)Nc2c(C)cccc2C)cc1. The normalized spacial score (nSPS) is 10.0. The Kier molecular flexibility index (Phi) is 5.36. The van der Waals surface area contributed by atoms with Crippen LogP contribution >= 0.6 is 0 Å². The minimum absolute atomic E-state index is 0.236. The molecule has 0 radical (unpaired) electrons. The van der Waals surface area contributed by atoms with E-state index in [1.165, 1.54) is 0 Å². The van der Waals surface area contributed by atoms with Gasteiger partial charge in [0.15, 0.2) is 0 Å². The van der Waals surface area contributed by atoms with Gasteiger partial charge >= 0.3 is 0 Å². The van der Waals surface area contributed by atoms with Crippen LogP contribution in [0, 0.1) is 13.8 Å². The molecule has 0 aromatic heterocycles. The standard InChI is InChI=1S/C18H20N2O3/c1-12-5-4-6-13(2)18(12)20-17(22)11-16(21)19-14-7-9-15(23-3)10-8-14/h4-10H,11H2,1-3H3,(H,19,21)(H,20,22). The first kappa shape index (κ1) is 16.5. The summed E-state index contributed by atoms with van der Waals surface area (Å²) in [5.74, 6) is 0.00286. The zero-order valence-corrected chi connectivity index (χ0v) is 13.5. The van der Waals surface area contributed by atoms with E-state index in [-0.39, 0.29) is 18.2 Å². The lowest BCUT2D eigenvalue weighted by Gasteiger charge is -2.11. The maximum atomic E-state index is 12.0. The molecule has 0 bridgehead atoms. The predicted octanol–water partition coefficient (Wildman–Crippen LogP) is 3.28. The van der Waals surface area contributed by atoms with E-state index in [9.17, 15) is 9.59 Å². The van der Waals surface area contributed by atoms with Crippen molar-refractivity contribution < 1.29 is 14.3 Å². The fraction of sp³-hybridized carbons (Fsp3) is 0.222. The van der Waals surface area contributed by atoms with Gasteiger partial charge in [-0.05, 0) is 49.2 Å². The number of aryl methyl sites for hydroxylation is 2. The fourth-order valence-electron chi connectivity index (χ4n) is 2.22. The predicted molar refractivity (Wildman–Crippen MR) is 90.8 cm³/mol. The highest BCUT2D eigenvalue weighted by atomic mass is 16.5. The summed E-state index contributed by atoms with van der Waals surface area (Å²) < 4.78 is 5.05. The van der Waals surface area contributed by atoms with Crippen molar-refractivity contribution in [2.24, 2.45) is 0 Å². The monoisotopic (exact) mass is 312 g/mol. The molecule has 0 atom stereocenters. The number of hydrogen-bond donors (Lipinski definition) is 2. The Balaban J connectivity index is 1.93. The number of methoxy groups -OCH3 is 1. The highest BCUT2D eigenvalue weighted by Crippen LogP contribution is 2.20. The molecule has 5 heteroatoms. The van der Waals surface area contributed by atoms with Gasteiger partial charge < -0.3 is 15.4 Å². The minimum Gasteiger partial charge on any atom is -0.497 e. The van der Waals surface area contributed by atoms with Crippen LogP contribution in [0.2, 0.25) is 0 Å². The quantitative estimate of drug-likeness (QED) is 0.833. The van der Waals surface area contributed by atoms with Crippen LogP contribution in [0.25, 0.3) is 0 Å². The van der Waals surface area contributed by atoms with Crippen LogP contribution in [-0.2, 0) is 9.59 Å². The van der Waals surface area contributed by atoms with Crippen LogP contribution in [0.1, 0.15) is 17.5 Å². The molecule has 2 aromatic carbocycles. The maximum Gasteiger partial charge on any atom is 0.233 e. The van der Waals surface area contributed by atoms with Gasteiger partial charge in [-0.3, -0.25) is 9.59 Å². The average molecular weight is 312 g/mol. The van der Waals surface area contributed by atoms with Crippen LogP contribution in [-0.4, -0.2) is 18.9 Å². The summed E-state index contributed by atoms with van der Waals surface area (Å²) in [4.78, 5) is 24.0. The number of hydrogen-bond acceptors (Lipinski definition) is 3. The molecule has 0 fully saturated rings. The lowest BCUT2D eigenvalue weighted by Crippen LogP contribution is -2.22. The lowest BCUT2D eigenvalue weighted by atomic mass is 10.1. The zero-order valence-electron chi connectivity index (χ0n) is 13.5. The van der Waals surface area contributed by atoms with Crippen molar-refractivity contribution in [3.63, 3.8) is 0 Å². The average Bonchev–Trinajstić information content (AvgIpc) is 2.51. The molecular formula is C18H20N2O3. The van der Waals surface area contributed by atoms with E-state index in [2.05, 4.69) is 10.6 Å². The number of benzene rings is 2. The van der Waals surface area contributed by atoms with E-state index in [1.807, 2.05) is 32.0 Å². The molecule has 2 amide bonds. The summed E-state index contributed by atoms with van der Waals surface area (Å²) in [7, 11) is 1.57. The summed E-state index contributed by atoms with van der Waals surface area (Å²) in [5, 5.41) is 5.48. The first-order chi connectivity index (χ1) is 11.0. The molecule has 0 aliphatic heterocycles. The molecule has 0 saturated heterocycles. The highest BCUT2D eigenvalue weighted by Gasteiger charge is 2.12. The minimum atomic E-state index is -0.362. The van der Waals surface area contributed by atoms with E-state index in [4.69, 9.17) is 4.74 Å². The Morgan fingerprint density at radius 1 is 0.913 bits per heavy atom. The summed E-state index contributed by atoms with van der Waals surface area (Å²) in [5.41, 5.74) is 3.31.